The summed E-state index contributed by atoms with van der Waals surface area (Å²) in [6.07, 6.45) is -3.29. The molecule has 0 fully saturated rings. The van der Waals surface area contributed by atoms with E-state index < -0.39 is 25.0 Å². The molecule has 6 heteroatoms. The molecule has 0 saturated heterocycles. The van der Waals surface area contributed by atoms with E-state index in [1.54, 1.807) is 19.1 Å². The minimum absolute atomic E-state index is 0.170. The first kappa shape index (κ1) is 12.5. The molecule has 1 atom stereocenters. The Morgan fingerprint density at radius 1 is 1.62 bits per heavy atom. The van der Waals surface area contributed by atoms with Crippen molar-refractivity contribution in [1.29, 1.82) is 0 Å². The summed E-state index contributed by atoms with van der Waals surface area (Å²) in [5.74, 6) is -0.571. The fourth-order valence-corrected chi connectivity index (χ4v) is 1.09. The highest BCUT2D eigenvalue weighted by Gasteiger charge is 2.18. The van der Waals surface area contributed by atoms with Crippen LogP contribution < -0.4 is 5.32 Å². The number of nitrogens with zero attached hydrogens (tertiary/aromatic N) is 1. The number of hydrogen-bond donors (Lipinski definition) is 2. The summed E-state index contributed by atoms with van der Waals surface area (Å²) in [5.41, 5.74) is 0.815. The van der Waals surface area contributed by atoms with Gasteiger partial charge in [-0.25, -0.2) is 8.78 Å². The molecule has 1 aromatic rings. The Morgan fingerprint density at radius 3 is 2.88 bits per heavy atom. The highest BCUT2D eigenvalue weighted by molar-refractivity contribution is 5.93. The number of aliphatic hydroxyl groups excluding tert-OH is 1. The monoisotopic (exact) mass is 230 g/mol. The first-order chi connectivity index (χ1) is 7.52. The van der Waals surface area contributed by atoms with E-state index in [-0.39, 0.29) is 5.69 Å². The first-order valence-corrected chi connectivity index (χ1v) is 4.68. The van der Waals surface area contributed by atoms with E-state index in [0.29, 0.717) is 5.56 Å². The van der Waals surface area contributed by atoms with Gasteiger partial charge in [0.05, 0.1) is 0 Å². The van der Waals surface area contributed by atoms with Crippen molar-refractivity contribution in [3.05, 3.63) is 29.6 Å². The third kappa shape index (κ3) is 3.23. The molecule has 0 aliphatic rings. The normalized spacial score (nSPS) is 12.6. The standard InChI is InChI=1S/C10H12F2N2O2/c1-6-3-2-4-13-8(6)10(16)14-5-7(15)9(11)12/h2-4,7,9,15H,5H2,1H3,(H,14,16). The van der Waals surface area contributed by atoms with Crippen LogP contribution in [0.3, 0.4) is 0 Å². The Kier molecular flexibility index (Phi) is 4.30. The highest BCUT2D eigenvalue weighted by atomic mass is 19.3. The summed E-state index contributed by atoms with van der Waals surface area (Å²) in [6.45, 7) is 1.19. The van der Waals surface area contributed by atoms with Crippen LogP contribution in [0.1, 0.15) is 16.1 Å². The van der Waals surface area contributed by atoms with Crippen molar-refractivity contribution in [2.75, 3.05) is 6.54 Å². The molecule has 1 heterocycles. The van der Waals surface area contributed by atoms with Gasteiger partial charge in [0.1, 0.15) is 11.8 Å². The summed E-state index contributed by atoms with van der Waals surface area (Å²) in [6, 6.07) is 3.35. The van der Waals surface area contributed by atoms with Gasteiger partial charge < -0.3 is 10.4 Å². The zero-order valence-corrected chi connectivity index (χ0v) is 8.65. The van der Waals surface area contributed by atoms with Crippen molar-refractivity contribution in [1.82, 2.24) is 10.3 Å². The van der Waals surface area contributed by atoms with Gasteiger partial charge in [-0.15, -0.1) is 0 Å². The quantitative estimate of drug-likeness (QED) is 0.802. The smallest absolute Gasteiger partial charge is 0.270 e. The Bertz CT molecular complexity index is 372. The van der Waals surface area contributed by atoms with Crippen LogP contribution in [0.2, 0.25) is 0 Å². The molecule has 88 valence electrons. The van der Waals surface area contributed by atoms with E-state index in [0.717, 1.165) is 0 Å². The van der Waals surface area contributed by atoms with Crippen LogP contribution in [0.5, 0.6) is 0 Å². The maximum atomic E-state index is 11.9. The minimum Gasteiger partial charge on any atom is -0.385 e. The average Bonchev–Trinajstić information content (AvgIpc) is 2.25. The van der Waals surface area contributed by atoms with Crippen molar-refractivity contribution < 1.29 is 18.7 Å². The van der Waals surface area contributed by atoms with Crippen molar-refractivity contribution in [2.24, 2.45) is 0 Å². The van der Waals surface area contributed by atoms with Crippen LogP contribution >= 0.6 is 0 Å². The van der Waals surface area contributed by atoms with Gasteiger partial charge in [0.15, 0.2) is 0 Å². The molecule has 0 aliphatic carbocycles. The van der Waals surface area contributed by atoms with Gasteiger partial charge in [-0.2, -0.15) is 0 Å². The molecule has 0 spiro atoms. The number of amides is 1. The maximum absolute atomic E-state index is 11.9. The van der Waals surface area contributed by atoms with E-state index in [2.05, 4.69) is 10.3 Å². The third-order valence-corrected chi connectivity index (χ3v) is 1.99. The molecule has 2 N–H and O–H groups in total. The molecule has 0 aromatic carbocycles. The van der Waals surface area contributed by atoms with Crippen LogP contribution in [-0.2, 0) is 0 Å². The second kappa shape index (κ2) is 5.50. The van der Waals surface area contributed by atoms with E-state index >= 15 is 0 Å². The number of aromatic nitrogens is 1. The van der Waals surface area contributed by atoms with Crippen LogP contribution in [-0.4, -0.2) is 35.1 Å². The Hall–Kier alpha value is -1.56. The molecule has 0 bridgehead atoms. The van der Waals surface area contributed by atoms with Gasteiger partial charge >= 0.3 is 0 Å². The van der Waals surface area contributed by atoms with Crippen LogP contribution in [0.4, 0.5) is 8.78 Å². The Labute approximate surface area is 91.3 Å². The molecule has 1 unspecified atom stereocenters. The molecule has 0 saturated carbocycles. The van der Waals surface area contributed by atoms with Gasteiger partial charge in [-0.05, 0) is 18.6 Å². The Morgan fingerprint density at radius 2 is 2.31 bits per heavy atom. The fourth-order valence-electron chi connectivity index (χ4n) is 1.09. The molecule has 1 aromatic heterocycles. The summed E-state index contributed by atoms with van der Waals surface area (Å²) < 4.78 is 23.9. The third-order valence-electron chi connectivity index (χ3n) is 1.99. The largest absolute Gasteiger partial charge is 0.385 e. The van der Waals surface area contributed by atoms with Gasteiger partial charge in [-0.3, -0.25) is 9.78 Å². The number of rotatable bonds is 4. The molecule has 0 radical (unpaired) electrons. The minimum atomic E-state index is -2.87. The molecular formula is C10H12F2N2O2. The van der Waals surface area contributed by atoms with Crippen LogP contribution in [0.25, 0.3) is 0 Å². The lowest BCUT2D eigenvalue weighted by atomic mass is 10.2. The second-order valence-electron chi connectivity index (χ2n) is 3.28. The van der Waals surface area contributed by atoms with E-state index in [4.69, 9.17) is 5.11 Å². The molecule has 4 nitrogen and oxygen atoms in total. The summed E-state index contributed by atoms with van der Waals surface area (Å²) in [7, 11) is 0. The average molecular weight is 230 g/mol. The lowest BCUT2D eigenvalue weighted by molar-refractivity contribution is -0.00273. The number of alkyl halides is 2. The highest BCUT2D eigenvalue weighted by Crippen LogP contribution is 2.03. The predicted molar refractivity (Wildman–Crippen MR) is 53.3 cm³/mol. The van der Waals surface area contributed by atoms with Crippen LogP contribution in [0, 0.1) is 6.92 Å². The van der Waals surface area contributed by atoms with E-state index in [1.165, 1.54) is 6.20 Å². The number of carbonyl (C=O) groups is 1. The van der Waals surface area contributed by atoms with Crippen LogP contribution in [0.15, 0.2) is 18.3 Å². The molecule has 16 heavy (non-hydrogen) atoms. The van der Waals surface area contributed by atoms with E-state index in [9.17, 15) is 13.6 Å². The molecule has 0 aliphatic heterocycles. The van der Waals surface area contributed by atoms with Crippen molar-refractivity contribution in [3.63, 3.8) is 0 Å². The number of aliphatic hydroxyl groups is 1. The van der Waals surface area contributed by atoms with Crippen molar-refractivity contribution >= 4 is 5.91 Å². The molecular weight excluding hydrogens is 218 g/mol. The maximum Gasteiger partial charge on any atom is 0.270 e. The van der Waals surface area contributed by atoms with Gasteiger partial charge in [0.2, 0.25) is 0 Å². The number of hydrogen-bond acceptors (Lipinski definition) is 3. The summed E-state index contributed by atoms with van der Waals surface area (Å²) in [4.78, 5) is 15.3. The number of halogens is 2. The SMILES string of the molecule is Cc1cccnc1C(=O)NCC(O)C(F)F. The number of aryl methyl sites for hydroxylation is 1. The lowest BCUT2D eigenvalue weighted by Gasteiger charge is -2.10. The second-order valence-corrected chi connectivity index (χ2v) is 3.28. The number of nitrogens with one attached hydrogen (secondary N) is 1. The predicted octanol–water partition coefficient (Wildman–Crippen LogP) is 0.746. The van der Waals surface area contributed by atoms with Crippen molar-refractivity contribution in [3.8, 4) is 0 Å². The first-order valence-electron chi connectivity index (χ1n) is 4.68. The molecule has 1 rings (SSSR count). The Balaban J connectivity index is 2.57. The van der Waals surface area contributed by atoms with Crippen molar-refractivity contribution in [2.45, 2.75) is 19.5 Å². The lowest BCUT2D eigenvalue weighted by Crippen LogP contribution is -2.36. The number of pyridine rings is 1. The topological polar surface area (TPSA) is 62.2 Å². The fraction of sp³-hybridized carbons (Fsp3) is 0.400. The van der Waals surface area contributed by atoms with Gasteiger partial charge in [0.25, 0.3) is 12.3 Å². The summed E-state index contributed by atoms with van der Waals surface area (Å²) >= 11 is 0. The summed E-state index contributed by atoms with van der Waals surface area (Å²) in [5, 5.41) is 11.0. The van der Waals surface area contributed by atoms with E-state index in [1.807, 2.05) is 0 Å². The zero-order valence-electron chi connectivity index (χ0n) is 8.65. The number of carbonyl (C=O) groups excluding carboxylic acids is 1. The molecule has 1 amide bonds. The van der Waals surface area contributed by atoms with Gasteiger partial charge in [0, 0.05) is 12.7 Å². The van der Waals surface area contributed by atoms with Gasteiger partial charge in [-0.1, -0.05) is 6.07 Å². The zero-order chi connectivity index (χ0) is 12.1.